The molecule has 10 heteroatoms. The maximum Gasteiger partial charge on any atom is 0.343 e. The van der Waals surface area contributed by atoms with Crippen molar-refractivity contribution in [3.8, 4) is 6.07 Å². The van der Waals surface area contributed by atoms with Crippen LogP contribution in [0.1, 0.15) is 47.4 Å². The number of hydrogen-bond donors (Lipinski definition) is 1. The Morgan fingerprint density at radius 1 is 1.03 bits per heavy atom. The van der Waals surface area contributed by atoms with Crippen molar-refractivity contribution in [2.45, 2.75) is 32.2 Å². The third-order valence-corrected chi connectivity index (χ3v) is 4.39. The van der Waals surface area contributed by atoms with E-state index in [9.17, 15) is 24.0 Å². The van der Waals surface area contributed by atoms with Gasteiger partial charge in [0, 0.05) is 12.8 Å². The summed E-state index contributed by atoms with van der Waals surface area (Å²) in [6, 6.07) is 7.89. The maximum atomic E-state index is 12.7. The van der Waals surface area contributed by atoms with Gasteiger partial charge in [0.05, 0.1) is 30.4 Å². The molecule has 0 spiro atoms. The van der Waals surface area contributed by atoms with Crippen LogP contribution in [0.15, 0.2) is 24.3 Å². The Morgan fingerprint density at radius 2 is 1.53 bits per heavy atom. The van der Waals surface area contributed by atoms with Crippen LogP contribution >= 0.6 is 0 Å². The largest absolute Gasteiger partial charge is 0.464 e. The summed E-state index contributed by atoms with van der Waals surface area (Å²) in [5.74, 6) is -4.46. The van der Waals surface area contributed by atoms with E-state index < -0.39 is 48.2 Å². The molecule has 3 amide bonds. The SMILES string of the molecule is CCOC(=O)C(CCC#N)(NC(=O)CN1C(=O)c2ccccc2C1=O)C(=O)OCC. The molecule has 1 aliphatic rings. The number of esters is 2. The van der Waals surface area contributed by atoms with E-state index in [1.54, 1.807) is 18.2 Å². The summed E-state index contributed by atoms with van der Waals surface area (Å²) in [5, 5.41) is 11.2. The first kappa shape index (κ1) is 22.5. The molecule has 1 aliphatic heterocycles. The average molecular weight is 415 g/mol. The number of fused-ring (bicyclic) bond motifs is 1. The van der Waals surface area contributed by atoms with Gasteiger partial charge >= 0.3 is 11.9 Å². The molecule has 0 bridgehead atoms. The Hall–Kier alpha value is -3.74. The number of amides is 3. The maximum absolute atomic E-state index is 12.7. The predicted octanol–water partition coefficient (Wildman–Crippen LogP) is 0.568. The van der Waals surface area contributed by atoms with Gasteiger partial charge in [-0.3, -0.25) is 19.3 Å². The summed E-state index contributed by atoms with van der Waals surface area (Å²) in [7, 11) is 0. The number of nitrogens with zero attached hydrogens (tertiary/aromatic N) is 2. The zero-order valence-electron chi connectivity index (χ0n) is 16.6. The van der Waals surface area contributed by atoms with Gasteiger partial charge in [0.2, 0.25) is 11.4 Å². The number of nitriles is 1. The molecule has 1 heterocycles. The standard InChI is InChI=1S/C20H21N3O7/c1-3-29-18(27)20(10-7-11-21,19(28)30-4-2)22-15(24)12-23-16(25)13-8-5-6-9-14(13)17(23)26/h5-6,8-9H,3-4,7,10,12H2,1-2H3,(H,22,24). The second kappa shape index (κ2) is 9.65. The molecular weight excluding hydrogens is 394 g/mol. The van der Waals surface area contributed by atoms with Gasteiger partial charge in [0.1, 0.15) is 6.54 Å². The zero-order chi connectivity index (χ0) is 22.3. The van der Waals surface area contributed by atoms with Crippen molar-refractivity contribution < 1.29 is 33.4 Å². The molecule has 0 saturated heterocycles. The molecule has 0 aliphatic carbocycles. The van der Waals surface area contributed by atoms with E-state index >= 15 is 0 Å². The van der Waals surface area contributed by atoms with Gasteiger partial charge in [-0.15, -0.1) is 0 Å². The lowest BCUT2D eigenvalue weighted by molar-refractivity contribution is -0.168. The van der Waals surface area contributed by atoms with Crippen LogP contribution in [0.2, 0.25) is 0 Å². The topological polar surface area (TPSA) is 143 Å². The minimum Gasteiger partial charge on any atom is -0.464 e. The molecule has 30 heavy (non-hydrogen) atoms. The Labute approximate surface area is 172 Å². The fraction of sp³-hybridized carbons (Fsp3) is 0.400. The van der Waals surface area contributed by atoms with Crippen LogP contribution in [0.25, 0.3) is 0 Å². The number of carbonyl (C=O) groups is 5. The van der Waals surface area contributed by atoms with Crippen LogP contribution in [0.5, 0.6) is 0 Å². The van der Waals surface area contributed by atoms with Crippen molar-refractivity contribution >= 4 is 29.7 Å². The molecule has 0 atom stereocenters. The second-order valence-electron chi connectivity index (χ2n) is 6.29. The molecule has 1 N–H and O–H groups in total. The highest BCUT2D eigenvalue weighted by Gasteiger charge is 2.50. The van der Waals surface area contributed by atoms with Gasteiger partial charge in [0.25, 0.3) is 11.8 Å². The predicted molar refractivity (Wildman–Crippen MR) is 101 cm³/mol. The van der Waals surface area contributed by atoms with Gasteiger partial charge < -0.3 is 14.8 Å². The third kappa shape index (κ3) is 4.30. The molecule has 1 aromatic carbocycles. The summed E-state index contributed by atoms with van der Waals surface area (Å²) < 4.78 is 9.85. The van der Waals surface area contributed by atoms with Gasteiger partial charge in [-0.05, 0) is 26.0 Å². The molecule has 2 rings (SSSR count). The lowest BCUT2D eigenvalue weighted by Gasteiger charge is -2.30. The Bertz CT molecular complexity index is 866. The number of ether oxygens (including phenoxy) is 2. The summed E-state index contributed by atoms with van der Waals surface area (Å²) >= 11 is 0. The summed E-state index contributed by atoms with van der Waals surface area (Å²) in [6.07, 6.45) is -0.653. The van der Waals surface area contributed by atoms with E-state index in [0.717, 1.165) is 0 Å². The summed E-state index contributed by atoms with van der Waals surface area (Å²) in [4.78, 5) is 63.4. The second-order valence-corrected chi connectivity index (χ2v) is 6.29. The Balaban J connectivity index is 2.28. The number of hydrogen-bond acceptors (Lipinski definition) is 8. The van der Waals surface area contributed by atoms with E-state index in [0.29, 0.717) is 4.90 Å². The molecule has 1 aromatic rings. The Kier molecular flexibility index (Phi) is 7.25. The number of benzene rings is 1. The molecule has 0 unspecified atom stereocenters. The van der Waals surface area contributed by atoms with Gasteiger partial charge in [-0.1, -0.05) is 12.1 Å². The van der Waals surface area contributed by atoms with Gasteiger partial charge in [0.15, 0.2) is 0 Å². The first-order valence-corrected chi connectivity index (χ1v) is 9.30. The van der Waals surface area contributed by atoms with E-state index in [-0.39, 0.29) is 30.8 Å². The van der Waals surface area contributed by atoms with Crippen LogP contribution in [0, 0.1) is 11.3 Å². The monoisotopic (exact) mass is 415 g/mol. The van der Waals surface area contributed by atoms with E-state index in [1.807, 2.05) is 0 Å². The number of carbonyl (C=O) groups excluding carboxylic acids is 5. The third-order valence-electron chi connectivity index (χ3n) is 4.39. The fourth-order valence-electron chi connectivity index (χ4n) is 3.01. The van der Waals surface area contributed by atoms with Crippen LogP contribution in [-0.2, 0) is 23.9 Å². The van der Waals surface area contributed by atoms with Crippen molar-refractivity contribution in [3.63, 3.8) is 0 Å². The molecule has 0 radical (unpaired) electrons. The van der Waals surface area contributed by atoms with E-state index in [2.05, 4.69) is 5.32 Å². The van der Waals surface area contributed by atoms with Crippen molar-refractivity contribution in [3.05, 3.63) is 35.4 Å². The summed E-state index contributed by atoms with van der Waals surface area (Å²) in [5.41, 5.74) is -1.96. The van der Waals surface area contributed by atoms with Crippen LogP contribution < -0.4 is 5.32 Å². The molecular formula is C20H21N3O7. The van der Waals surface area contributed by atoms with Crippen LogP contribution in [-0.4, -0.2) is 59.9 Å². The molecule has 10 nitrogen and oxygen atoms in total. The van der Waals surface area contributed by atoms with Crippen LogP contribution in [0.3, 0.4) is 0 Å². The van der Waals surface area contributed by atoms with E-state index in [1.165, 1.54) is 26.0 Å². The first-order chi connectivity index (χ1) is 14.3. The van der Waals surface area contributed by atoms with Crippen molar-refractivity contribution in [1.29, 1.82) is 5.26 Å². The number of rotatable bonds is 9. The van der Waals surface area contributed by atoms with Gasteiger partial charge in [-0.25, -0.2) is 9.59 Å². The normalized spacial score (nSPS) is 12.8. The average Bonchev–Trinajstić information content (AvgIpc) is 2.96. The van der Waals surface area contributed by atoms with Crippen LogP contribution in [0.4, 0.5) is 0 Å². The van der Waals surface area contributed by atoms with Crippen molar-refractivity contribution in [2.24, 2.45) is 0 Å². The zero-order valence-corrected chi connectivity index (χ0v) is 16.6. The highest BCUT2D eigenvalue weighted by atomic mass is 16.6. The minimum atomic E-state index is -2.27. The number of imide groups is 1. The van der Waals surface area contributed by atoms with Gasteiger partial charge in [-0.2, -0.15) is 5.26 Å². The molecule has 0 aromatic heterocycles. The lowest BCUT2D eigenvalue weighted by atomic mass is 9.93. The molecule has 0 fully saturated rings. The Morgan fingerprint density at radius 3 is 1.97 bits per heavy atom. The molecule has 0 saturated carbocycles. The lowest BCUT2D eigenvalue weighted by Crippen LogP contribution is -2.62. The minimum absolute atomic E-state index is 0.0825. The highest BCUT2D eigenvalue weighted by molar-refractivity contribution is 6.22. The van der Waals surface area contributed by atoms with Crippen molar-refractivity contribution in [2.75, 3.05) is 19.8 Å². The molecule has 158 valence electrons. The van der Waals surface area contributed by atoms with Crippen molar-refractivity contribution in [1.82, 2.24) is 10.2 Å². The quantitative estimate of drug-likeness (QED) is 0.350. The smallest absolute Gasteiger partial charge is 0.343 e. The highest BCUT2D eigenvalue weighted by Crippen LogP contribution is 2.23. The fourth-order valence-corrected chi connectivity index (χ4v) is 3.01. The number of nitrogens with one attached hydrogen (secondary N) is 1. The first-order valence-electron chi connectivity index (χ1n) is 9.30. The summed E-state index contributed by atoms with van der Waals surface area (Å²) in [6.45, 7) is 2.14. The van der Waals surface area contributed by atoms with E-state index in [4.69, 9.17) is 14.7 Å².